The summed E-state index contributed by atoms with van der Waals surface area (Å²) < 4.78 is 0. The number of aliphatic hydroxyl groups is 1. The number of ketones is 1. The predicted molar refractivity (Wildman–Crippen MR) is 96.5 cm³/mol. The van der Waals surface area contributed by atoms with E-state index in [1.165, 1.54) is 24.8 Å². The summed E-state index contributed by atoms with van der Waals surface area (Å²) in [6.07, 6.45) is 9.35. The van der Waals surface area contributed by atoms with Crippen molar-refractivity contribution in [3.8, 4) is 0 Å². The first-order valence-electron chi connectivity index (χ1n) is 9.98. The van der Waals surface area contributed by atoms with E-state index in [9.17, 15) is 9.90 Å². The van der Waals surface area contributed by atoms with Crippen molar-refractivity contribution in [1.29, 1.82) is 0 Å². The Morgan fingerprint density at radius 2 is 1.71 bits per heavy atom. The molecule has 0 aromatic heterocycles. The molecule has 134 valence electrons. The molecule has 0 unspecified atom stereocenters. The van der Waals surface area contributed by atoms with Crippen molar-refractivity contribution in [1.82, 2.24) is 0 Å². The molecule has 6 atom stereocenters. The lowest BCUT2D eigenvalue weighted by Crippen LogP contribution is -2.62. The summed E-state index contributed by atoms with van der Waals surface area (Å²) in [6.45, 7) is 12.0. The van der Waals surface area contributed by atoms with Crippen LogP contribution in [0.3, 0.4) is 0 Å². The fraction of sp³-hybridized carbons (Fsp3) is 0.864. The van der Waals surface area contributed by atoms with Gasteiger partial charge >= 0.3 is 0 Å². The van der Waals surface area contributed by atoms with Crippen molar-refractivity contribution in [2.75, 3.05) is 0 Å². The van der Waals surface area contributed by atoms with Crippen LogP contribution in [-0.2, 0) is 4.79 Å². The van der Waals surface area contributed by atoms with E-state index in [1.807, 2.05) is 6.08 Å². The molecule has 0 aliphatic heterocycles. The lowest BCUT2D eigenvalue weighted by atomic mass is 9.36. The summed E-state index contributed by atoms with van der Waals surface area (Å²) in [5.41, 5.74) is 2.05. The van der Waals surface area contributed by atoms with E-state index in [-0.39, 0.29) is 22.3 Å². The van der Waals surface area contributed by atoms with Gasteiger partial charge in [0.05, 0.1) is 6.10 Å². The van der Waals surface area contributed by atoms with Crippen LogP contribution in [0.2, 0.25) is 0 Å². The Kier molecular flexibility index (Phi) is 3.33. The molecule has 0 radical (unpaired) electrons. The highest BCUT2D eigenvalue weighted by Crippen LogP contribution is 2.73. The molecule has 0 heterocycles. The van der Waals surface area contributed by atoms with Crippen LogP contribution in [0.1, 0.15) is 79.6 Å². The molecule has 3 saturated carbocycles. The van der Waals surface area contributed by atoms with Gasteiger partial charge in [0.25, 0.3) is 0 Å². The van der Waals surface area contributed by atoms with Crippen LogP contribution in [0.25, 0.3) is 0 Å². The molecule has 0 aromatic rings. The Morgan fingerprint density at radius 1 is 1.00 bits per heavy atom. The summed E-state index contributed by atoms with van der Waals surface area (Å²) >= 11 is 0. The van der Waals surface area contributed by atoms with Gasteiger partial charge in [-0.05, 0) is 72.7 Å². The maximum absolute atomic E-state index is 12.2. The van der Waals surface area contributed by atoms with E-state index in [4.69, 9.17) is 0 Å². The average molecular weight is 331 g/mol. The first-order valence-corrected chi connectivity index (χ1v) is 9.98. The van der Waals surface area contributed by atoms with Gasteiger partial charge in [-0.25, -0.2) is 0 Å². The minimum Gasteiger partial charge on any atom is -0.393 e. The van der Waals surface area contributed by atoms with Gasteiger partial charge in [0.1, 0.15) is 0 Å². The second kappa shape index (κ2) is 4.75. The van der Waals surface area contributed by atoms with E-state index < -0.39 is 0 Å². The first kappa shape index (κ1) is 16.8. The van der Waals surface area contributed by atoms with Crippen molar-refractivity contribution in [2.24, 2.45) is 33.5 Å². The van der Waals surface area contributed by atoms with Gasteiger partial charge in [0.2, 0.25) is 0 Å². The van der Waals surface area contributed by atoms with Crippen molar-refractivity contribution < 1.29 is 9.90 Å². The summed E-state index contributed by atoms with van der Waals surface area (Å²) in [5.74, 6) is 1.61. The molecule has 24 heavy (non-hydrogen) atoms. The van der Waals surface area contributed by atoms with Crippen LogP contribution in [0.5, 0.6) is 0 Å². The maximum atomic E-state index is 12.2. The van der Waals surface area contributed by atoms with E-state index >= 15 is 0 Å². The van der Waals surface area contributed by atoms with Crippen LogP contribution < -0.4 is 0 Å². The zero-order valence-electron chi connectivity index (χ0n) is 16.1. The first-order chi connectivity index (χ1) is 11.1. The molecule has 2 heteroatoms. The van der Waals surface area contributed by atoms with Gasteiger partial charge in [0, 0.05) is 11.8 Å². The normalized spacial score (nSPS) is 53.0. The quantitative estimate of drug-likeness (QED) is 0.685. The van der Waals surface area contributed by atoms with Gasteiger partial charge in [-0.1, -0.05) is 40.2 Å². The standard InChI is InChI=1S/C22H34O2/c1-19(2)16-8-11-21(4)17(20(16,3)10-9-18(19)24)7-6-14-12-15(23)13-22(14,21)5/h12,16-18,24H,6-11,13H2,1-5H3/t16-,17+,18-,20-,21+,22+/m0/s1. The molecule has 2 nitrogen and oxygen atoms in total. The van der Waals surface area contributed by atoms with Gasteiger partial charge in [-0.15, -0.1) is 0 Å². The molecule has 0 amide bonds. The lowest BCUT2D eigenvalue weighted by molar-refractivity contribution is -0.200. The van der Waals surface area contributed by atoms with Crippen LogP contribution in [0.4, 0.5) is 0 Å². The smallest absolute Gasteiger partial charge is 0.156 e. The average Bonchev–Trinajstić information content (AvgIpc) is 2.79. The Morgan fingerprint density at radius 3 is 2.42 bits per heavy atom. The van der Waals surface area contributed by atoms with Gasteiger partial charge < -0.3 is 5.11 Å². The Hall–Kier alpha value is -0.630. The predicted octanol–water partition coefficient (Wildman–Crippen LogP) is 4.91. The van der Waals surface area contributed by atoms with Gasteiger partial charge in [0.15, 0.2) is 5.78 Å². The fourth-order valence-corrected chi connectivity index (χ4v) is 7.93. The molecule has 3 fully saturated rings. The molecule has 0 bridgehead atoms. The number of carbonyl (C=O) groups excluding carboxylic acids is 1. The molecule has 4 aliphatic carbocycles. The molecule has 0 aromatic carbocycles. The second-order valence-corrected chi connectivity index (χ2v) is 10.6. The third-order valence-electron chi connectivity index (χ3n) is 9.56. The van der Waals surface area contributed by atoms with Crippen LogP contribution in [0.15, 0.2) is 11.6 Å². The Labute approximate surface area is 147 Å². The van der Waals surface area contributed by atoms with E-state index in [2.05, 4.69) is 34.6 Å². The number of fused-ring (bicyclic) bond motifs is 5. The largest absolute Gasteiger partial charge is 0.393 e. The molecular formula is C22H34O2. The number of hydrogen-bond donors (Lipinski definition) is 1. The minimum absolute atomic E-state index is 0.0108. The molecule has 0 spiro atoms. The van der Waals surface area contributed by atoms with Crippen molar-refractivity contribution >= 4 is 5.78 Å². The number of allylic oxidation sites excluding steroid dienone is 2. The summed E-state index contributed by atoms with van der Waals surface area (Å²) in [6, 6.07) is 0. The number of aliphatic hydroxyl groups excluding tert-OH is 1. The highest BCUT2D eigenvalue weighted by molar-refractivity contribution is 5.94. The van der Waals surface area contributed by atoms with Crippen molar-refractivity contribution in [3.05, 3.63) is 11.6 Å². The molecule has 4 rings (SSSR count). The zero-order chi connectivity index (χ0) is 17.5. The summed E-state index contributed by atoms with van der Waals surface area (Å²) in [4.78, 5) is 12.2. The third kappa shape index (κ3) is 1.79. The van der Waals surface area contributed by atoms with Gasteiger partial charge in [-0.2, -0.15) is 0 Å². The molecule has 1 N–H and O–H groups in total. The zero-order valence-corrected chi connectivity index (χ0v) is 16.1. The summed E-state index contributed by atoms with van der Waals surface area (Å²) in [7, 11) is 0. The Bertz CT molecular complexity index is 617. The van der Waals surface area contributed by atoms with Crippen LogP contribution in [0, 0.1) is 33.5 Å². The summed E-state index contributed by atoms with van der Waals surface area (Å²) in [5, 5.41) is 10.6. The molecular weight excluding hydrogens is 296 g/mol. The lowest BCUT2D eigenvalue weighted by Gasteiger charge is -2.68. The van der Waals surface area contributed by atoms with E-state index in [1.54, 1.807) is 0 Å². The maximum Gasteiger partial charge on any atom is 0.156 e. The van der Waals surface area contributed by atoms with Crippen molar-refractivity contribution in [2.45, 2.75) is 85.7 Å². The monoisotopic (exact) mass is 330 g/mol. The highest BCUT2D eigenvalue weighted by atomic mass is 16.3. The SMILES string of the molecule is CC1(C)[C@@H](O)CC[C@]2(C)[C@H]3CCC4=CC(=O)C[C@@]4(C)[C@]3(C)CC[C@@H]12. The van der Waals surface area contributed by atoms with Crippen molar-refractivity contribution in [3.63, 3.8) is 0 Å². The fourth-order valence-electron chi connectivity index (χ4n) is 7.93. The number of carbonyl (C=O) groups is 1. The number of hydrogen-bond acceptors (Lipinski definition) is 2. The van der Waals surface area contributed by atoms with Gasteiger partial charge in [-0.3, -0.25) is 4.79 Å². The number of rotatable bonds is 0. The molecule has 0 saturated heterocycles. The van der Waals surface area contributed by atoms with E-state index in [0.29, 0.717) is 23.0 Å². The highest BCUT2D eigenvalue weighted by Gasteiger charge is 2.66. The molecule has 4 aliphatic rings. The Balaban J connectivity index is 1.78. The topological polar surface area (TPSA) is 37.3 Å². The van der Waals surface area contributed by atoms with Crippen LogP contribution in [-0.4, -0.2) is 17.0 Å². The second-order valence-electron chi connectivity index (χ2n) is 10.6. The minimum atomic E-state index is -0.164. The third-order valence-corrected chi connectivity index (χ3v) is 9.56. The van der Waals surface area contributed by atoms with E-state index in [0.717, 1.165) is 25.7 Å². The van der Waals surface area contributed by atoms with Crippen LogP contribution >= 0.6 is 0 Å².